The summed E-state index contributed by atoms with van der Waals surface area (Å²) in [5.74, 6) is 0.755. The van der Waals surface area contributed by atoms with Crippen molar-refractivity contribution >= 4 is 25.9 Å². The molecular formula is C11H30O2Si3. The van der Waals surface area contributed by atoms with Crippen molar-refractivity contribution in [3.8, 4) is 0 Å². The molecule has 5 heteroatoms. The quantitative estimate of drug-likeness (QED) is 0.656. The molecule has 0 aromatic rings. The molecule has 0 amide bonds. The lowest BCUT2D eigenvalue weighted by molar-refractivity contribution is 0.408. The predicted molar refractivity (Wildman–Crippen MR) is 80.3 cm³/mol. The van der Waals surface area contributed by atoms with Gasteiger partial charge in [-0.25, -0.2) is 0 Å². The Bertz CT molecular complexity index is 178. The second-order valence-corrected chi connectivity index (χ2v) is 18.6. The highest BCUT2D eigenvalue weighted by atomic mass is 28.4. The lowest BCUT2D eigenvalue weighted by atomic mass is 10.2. The van der Waals surface area contributed by atoms with Crippen LogP contribution in [0.15, 0.2) is 0 Å². The Labute approximate surface area is 106 Å². The Balaban J connectivity index is 4.28. The standard InChI is InChI=1S/C11H30O2Si3/c1-11(2)9-10-14(12-15(3,4)5)13-16(6,7)8/h11,14H,9-10H2,1-8H3. The maximum atomic E-state index is 6.25. The summed E-state index contributed by atoms with van der Waals surface area (Å²) in [7, 11) is -4.28. The van der Waals surface area contributed by atoms with Crippen LogP contribution in [0.5, 0.6) is 0 Å². The van der Waals surface area contributed by atoms with Crippen LogP contribution in [0.2, 0.25) is 45.3 Å². The van der Waals surface area contributed by atoms with Crippen LogP contribution in [0.1, 0.15) is 20.3 Å². The van der Waals surface area contributed by atoms with Crippen molar-refractivity contribution < 1.29 is 8.23 Å². The summed E-state index contributed by atoms with van der Waals surface area (Å²) in [6, 6.07) is 1.17. The second-order valence-electron chi connectivity index (χ2n) is 6.86. The topological polar surface area (TPSA) is 18.5 Å². The predicted octanol–water partition coefficient (Wildman–Crippen LogP) is 3.96. The fourth-order valence-corrected chi connectivity index (χ4v) is 10.2. The van der Waals surface area contributed by atoms with Gasteiger partial charge in [0.25, 0.3) is 0 Å². The van der Waals surface area contributed by atoms with Gasteiger partial charge >= 0.3 is 9.28 Å². The molecule has 0 N–H and O–H groups in total. The van der Waals surface area contributed by atoms with E-state index in [0.717, 1.165) is 5.92 Å². The highest BCUT2D eigenvalue weighted by molar-refractivity contribution is 6.81. The SMILES string of the molecule is CC(C)CC[SiH](O[Si](C)(C)C)O[Si](C)(C)C. The Kier molecular flexibility index (Phi) is 6.72. The van der Waals surface area contributed by atoms with Gasteiger partial charge in [-0.2, -0.15) is 0 Å². The zero-order valence-electron chi connectivity index (χ0n) is 12.4. The fraction of sp³-hybridized carbons (Fsp3) is 1.00. The van der Waals surface area contributed by atoms with Crippen molar-refractivity contribution in [2.75, 3.05) is 0 Å². The summed E-state index contributed by atoms with van der Waals surface area (Å²) in [5, 5.41) is 0. The van der Waals surface area contributed by atoms with Gasteiger partial charge < -0.3 is 8.23 Å². The van der Waals surface area contributed by atoms with Crippen molar-refractivity contribution in [2.24, 2.45) is 5.92 Å². The van der Waals surface area contributed by atoms with Gasteiger partial charge in [0.1, 0.15) is 0 Å². The average Bonchev–Trinajstić information content (AvgIpc) is 1.93. The summed E-state index contributed by atoms with van der Waals surface area (Å²) in [6.45, 7) is 18.1. The zero-order valence-corrected chi connectivity index (χ0v) is 15.5. The van der Waals surface area contributed by atoms with Crippen LogP contribution in [0.25, 0.3) is 0 Å². The first kappa shape index (κ1) is 16.6. The van der Waals surface area contributed by atoms with Gasteiger partial charge in [0.05, 0.1) is 0 Å². The molecule has 0 aromatic carbocycles. The molecule has 0 heterocycles. The minimum atomic E-state index is -1.43. The normalized spacial score (nSPS) is 13.9. The van der Waals surface area contributed by atoms with E-state index in [0.29, 0.717) is 0 Å². The molecule has 0 radical (unpaired) electrons. The van der Waals surface area contributed by atoms with E-state index < -0.39 is 25.9 Å². The molecule has 0 saturated heterocycles. The first-order valence-electron chi connectivity index (χ1n) is 6.35. The molecule has 0 aliphatic heterocycles. The van der Waals surface area contributed by atoms with Gasteiger partial charge in [-0.15, -0.1) is 0 Å². The Morgan fingerprint density at radius 2 is 1.25 bits per heavy atom. The Morgan fingerprint density at radius 1 is 0.875 bits per heavy atom. The smallest absolute Gasteiger partial charge is 0.300 e. The van der Waals surface area contributed by atoms with Crippen LogP contribution in [-0.4, -0.2) is 25.9 Å². The van der Waals surface area contributed by atoms with Crippen molar-refractivity contribution in [3.63, 3.8) is 0 Å². The van der Waals surface area contributed by atoms with Crippen LogP contribution in [0, 0.1) is 5.92 Å². The van der Waals surface area contributed by atoms with Crippen LogP contribution < -0.4 is 0 Å². The van der Waals surface area contributed by atoms with E-state index in [1.807, 2.05) is 0 Å². The average molecular weight is 279 g/mol. The molecule has 0 rings (SSSR count). The van der Waals surface area contributed by atoms with E-state index in [2.05, 4.69) is 53.1 Å². The van der Waals surface area contributed by atoms with Crippen molar-refractivity contribution in [1.82, 2.24) is 0 Å². The second kappa shape index (κ2) is 6.49. The van der Waals surface area contributed by atoms with E-state index in [1.54, 1.807) is 0 Å². The summed E-state index contributed by atoms with van der Waals surface area (Å²) >= 11 is 0. The largest absolute Gasteiger partial charge is 0.439 e. The summed E-state index contributed by atoms with van der Waals surface area (Å²) in [4.78, 5) is 0. The molecule has 98 valence electrons. The highest BCUT2D eigenvalue weighted by Gasteiger charge is 2.28. The maximum Gasteiger partial charge on any atom is 0.300 e. The molecule has 16 heavy (non-hydrogen) atoms. The number of hydrogen-bond acceptors (Lipinski definition) is 2. The van der Waals surface area contributed by atoms with E-state index in [1.165, 1.54) is 12.5 Å². The molecule has 0 saturated carbocycles. The number of rotatable bonds is 7. The lowest BCUT2D eigenvalue weighted by Crippen LogP contribution is -2.43. The van der Waals surface area contributed by atoms with Gasteiger partial charge in [0.15, 0.2) is 16.6 Å². The molecule has 0 aliphatic rings. The molecule has 0 spiro atoms. The van der Waals surface area contributed by atoms with E-state index >= 15 is 0 Å². The summed E-state index contributed by atoms with van der Waals surface area (Å²) < 4.78 is 12.5. The highest BCUT2D eigenvalue weighted by Crippen LogP contribution is 2.17. The van der Waals surface area contributed by atoms with E-state index in [9.17, 15) is 0 Å². The number of hydrogen-bond donors (Lipinski definition) is 0. The first-order chi connectivity index (χ1) is 6.99. The zero-order chi connectivity index (χ0) is 13.0. The first-order valence-corrected chi connectivity index (χ1v) is 14.9. The summed E-state index contributed by atoms with van der Waals surface area (Å²) in [6.07, 6.45) is 1.24. The minimum Gasteiger partial charge on any atom is -0.439 e. The molecular weight excluding hydrogens is 248 g/mol. The van der Waals surface area contributed by atoms with Crippen LogP contribution in [0.4, 0.5) is 0 Å². The third-order valence-corrected chi connectivity index (χ3v) is 10.5. The van der Waals surface area contributed by atoms with E-state index in [4.69, 9.17) is 8.23 Å². The Hall–Kier alpha value is 0.571. The molecule has 0 fully saturated rings. The van der Waals surface area contributed by atoms with Gasteiger partial charge in [-0.3, -0.25) is 0 Å². The monoisotopic (exact) mass is 278 g/mol. The fourth-order valence-electron chi connectivity index (χ4n) is 1.40. The molecule has 0 atom stereocenters. The van der Waals surface area contributed by atoms with E-state index in [-0.39, 0.29) is 0 Å². The molecule has 0 aliphatic carbocycles. The molecule has 0 bridgehead atoms. The van der Waals surface area contributed by atoms with Crippen LogP contribution in [-0.2, 0) is 8.23 Å². The van der Waals surface area contributed by atoms with Gasteiger partial charge in [-0.1, -0.05) is 13.8 Å². The molecule has 2 nitrogen and oxygen atoms in total. The maximum absolute atomic E-state index is 6.25. The Morgan fingerprint density at radius 3 is 1.50 bits per heavy atom. The third-order valence-electron chi connectivity index (χ3n) is 1.95. The minimum absolute atomic E-state index is 0.755. The third kappa shape index (κ3) is 11.1. The van der Waals surface area contributed by atoms with Crippen LogP contribution >= 0.6 is 0 Å². The van der Waals surface area contributed by atoms with Gasteiger partial charge in [0.2, 0.25) is 0 Å². The van der Waals surface area contributed by atoms with Gasteiger partial charge in [0, 0.05) is 0 Å². The van der Waals surface area contributed by atoms with Gasteiger partial charge in [-0.05, 0) is 57.7 Å². The summed E-state index contributed by atoms with van der Waals surface area (Å²) in [5.41, 5.74) is 0. The van der Waals surface area contributed by atoms with Crippen molar-refractivity contribution in [1.29, 1.82) is 0 Å². The van der Waals surface area contributed by atoms with Crippen LogP contribution in [0.3, 0.4) is 0 Å². The lowest BCUT2D eigenvalue weighted by Gasteiger charge is -2.31. The molecule has 0 unspecified atom stereocenters. The molecule has 0 aromatic heterocycles. The van der Waals surface area contributed by atoms with Crippen molar-refractivity contribution in [3.05, 3.63) is 0 Å². The van der Waals surface area contributed by atoms with Crippen molar-refractivity contribution in [2.45, 2.75) is 65.6 Å².